The van der Waals surface area contributed by atoms with E-state index >= 15 is 0 Å². The number of ether oxygens (including phenoxy) is 1. The van der Waals surface area contributed by atoms with E-state index in [1.807, 2.05) is 42.2 Å². The summed E-state index contributed by atoms with van der Waals surface area (Å²) in [6, 6.07) is 14.7. The summed E-state index contributed by atoms with van der Waals surface area (Å²) in [7, 11) is 1.77. The third-order valence-corrected chi connectivity index (χ3v) is 6.84. The molecule has 5 heteroatoms. The molecular formula is C22H30N2O2S. The van der Waals surface area contributed by atoms with Crippen molar-refractivity contribution in [2.24, 2.45) is 0 Å². The van der Waals surface area contributed by atoms with Gasteiger partial charge in [-0.15, -0.1) is 11.3 Å². The van der Waals surface area contributed by atoms with Gasteiger partial charge in [0.25, 0.3) is 0 Å². The summed E-state index contributed by atoms with van der Waals surface area (Å²) in [5, 5.41) is 2.13. The Labute approximate surface area is 166 Å². The number of nitrogens with zero attached hydrogens (tertiary/aromatic N) is 2. The Bertz CT molecular complexity index is 734. The molecule has 1 fully saturated rings. The molecule has 3 atom stereocenters. The van der Waals surface area contributed by atoms with Crippen molar-refractivity contribution in [1.29, 1.82) is 0 Å². The molecule has 1 aromatic heterocycles. The molecule has 0 aliphatic carbocycles. The smallest absolute Gasteiger partial charge is 0.227 e. The van der Waals surface area contributed by atoms with Gasteiger partial charge in [0, 0.05) is 43.2 Å². The molecule has 1 saturated heterocycles. The maximum Gasteiger partial charge on any atom is 0.227 e. The number of rotatable bonds is 6. The monoisotopic (exact) mass is 386 g/mol. The minimum absolute atomic E-state index is 0.0177. The number of amides is 1. The fourth-order valence-corrected chi connectivity index (χ4v) is 4.90. The largest absolute Gasteiger partial charge is 0.375 e. The summed E-state index contributed by atoms with van der Waals surface area (Å²) >= 11 is 1.80. The van der Waals surface area contributed by atoms with Crippen LogP contribution in [0.1, 0.15) is 44.5 Å². The first kappa shape index (κ1) is 20.1. The minimum Gasteiger partial charge on any atom is -0.375 e. The summed E-state index contributed by atoms with van der Waals surface area (Å²) in [6.07, 6.45) is 1.38. The fraction of sp³-hybridized carbons (Fsp3) is 0.500. The van der Waals surface area contributed by atoms with Gasteiger partial charge >= 0.3 is 0 Å². The van der Waals surface area contributed by atoms with Crippen LogP contribution in [0.25, 0.3) is 0 Å². The second kappa shape index (κ2) is 8.55. The first-order valence-electron chi connectivity index (χ1n) is 9.70. The van der Waals surface area contributed by atoms with Crippen molar-refractivity contribution in [1.82, 2.24) is 4.90 Å². The van der Waals surface area contributed by atoms with Gasteiger partial charge in [-0.2, -0.15) is 0 Å². The normalized spacial score (nSPS) is 24.5. The number of para-hydroxylation sites is 1. The van der Waals surface area contributed by atoms with Crippen LogP contribution in [0.2, 0.25) is 0 Å². The molecule has 0 saturated carbocycles. The summed E-state index contributed by atoms with van der Waals surface area (Å²) in [5.41, 5.74) is 0.530. The average Bonchev–Trinajstić information content (AvgIpc) is 3.24. The minimum atomic E-state index is -0.426. The first-order valence-corrected chi connectivity index (χ1v) is 10.6. The number of hydrogen-bond donors (Lipinski definition) is 0. The number of likely N-dealkylation sites (tertiary alicyclic amines) is 1. The molecule has 0 radical (unpaired) electrons. The summed E-state index contributed by atoms with van der Waals surface area (Å²) < 4.78 is 6.05. The van der Waals surface area contributed by atoms with Crippen molar-refractivity contribution < 1.29 is 9.53 Å². The second-order valence-corrected chi connectivity index (χ2v) is 8.42. The van der Waals surface area contributed by atoms with Crippen molar-refractivity contribution >= 4 is 22.9 Å². The van der Waals surface area contributed by atoms with Crippen LogP contribution in [0.15, 0.2) is 47.8 Å². The lowest BCUT2D eigenvalue weighted by atomic mass is 9.86. The number of anilines is 1. The Hall–Kier alpha value is -1.69. The van der Waals surface area contributed by atoms with E-state index in [0.29, 0.717) is 12.5 Å². The molecule has 0 spiro atoms. The van der Waals surface area contributed by atoms with Gasteiger partial charge in [-0.25, -0.2) is 0 Å². The van der Waals surface area contributed by atoms with Crippen LogP contribution in [0, 0.1) is 0 Å². The molecular weight excluding hydrogens is 356 g/mol. The number of benzene rings is 1. The molecule has 1 aromatic carbocycles. The van der Waals surface area contributed by atoms with Crippen molar-refractivity contribution in [3.8, 4) is 0 Å². The Kier molecular flexibility index (Phi) is 6.35. The molecule has 1 aliphatic rings. The van der Waals surface area contributed by atoms with Crippen molar-refractivity contribution in [2.45, 2.75) is 51.3 Å². The van der Waals surface area contributed by atoms with E-state index in [1.165, 1.54) is 4.88 Å². The van der Waals surface area contributed by atoms with Crippen LogP contribution in [-0.2, 0) is 9.53 Å². The Morgan fingerprint density at radius 1 is 1.33 bits per heavy atom. The van der Waals surface area contributed by atoms with Crippen LogP contribution in [0.4, 0.5) is 5.69 Å². The second-order valence-electron chi connectivity index (χ2n) is 7.44. The lowest BCUT2D eigenvalue weighted by Crippen LogP contribution is -2.63. The standard InChI is InChI=1S/C22H30N2O2S/c1-5-21(25)24(18-10-7-6-8-11-18)20-13-14-23(16-22(20,3)26-4)17(2)19-12-9-15-27-19/h6-12,15,17,20H,5,13-14,16H2,1-4H3/t17?,20-,22+/m1/s1. The van der Waals surface area contributed by atoms with Gasteiger partial charge in [0.15, 0.2) is 0 Å². The van der Waals surface area contributed by atoms with E-state index in [-0.39, 0.29) is 11.9 Å². The van der Waals surface area contributed by atoms with Gasteiger partial charge in [-0.1, -0.05) is 31.2 Å². The zero-order valence-corrected chi connectivity index (χ0v) is 17.5. The van der Waals surface area contributed by atoms with Crippen molar-refractivity contribution in [3.63, 3.8) is 0 Å². The van der Waals surface area contributed by atoms with Crippen LogP contribution in [0.3, 0.4) is 0 Å². The van der Waals surface area contributed by atoms with Crippen LogP contribution >= 0.6 is 11.3 Å². The topological polar surface area (TPSA) is 32.8 Å². The van der Waals surface area contributed by atoms with Gasteiger partial charge < -0.3 is 9.64 Å². The average molecular weight is 387 g/mol. The first-order chi connectivity index (χ1) is 13.0. The van der Waals surface area contributed by atoms with E-state index in [2.05, 4.69) is 36.3 Å². The molecule has 1 amide bonds. The maximum absolute atomic E-state index is 12.9. The highest BCUT2D eigenvalue weighted by Crippen LogP contribution is 2.36. The van der Waals surface area contributed by atoms with Gasteiger partial charge in [0.05, 0.1) is 11.6 Å². The van der Waals surface area contributed by atoms with E-state index in [0.717, 1.165) is 25.2 Å². The molecule has 1 aliphatic heterocycles. The fourth-order valence-electron chi connectivity index (χ4n) is 4.08. The zero-order chi connectivity index (χ0) is 19.4. The number of carbonyl (C=O) groups is 1. The third-order valence-electron chi connectivity index (χ3n) is 5.80. The molecule has 2 aromatic rings. The third kappa shape index (κ3) is 4.10. The predicted molar refractivity (Wildman–Crippen MR) is 112 cm³/mol. The number of carbonyl (C=O) groups excluding carboxylic acids is 1. The summed E-state index contributed by atoms with van der Waals surface area (Å²) in [5.74, 6) is 0.147. The van der Waals surface area contributed by atoms with Crippen molar-refractivity contribution in [2.75, 3.05) is 25.1 Å². The molecule has 3 rings (SSSR count). The summed E-state index contributed by atoms with van der Waals surface area (Å²) in [4.78, 5) is 18.7. The highest BCUT2D eigenvalue weighted by atomic mass is 32.1. The number of hydrogen-bond acceptors (Lipinski definition) is 4. The molecule has 4 nitrogen and oxygen atoms in total. The molecule has 2 heterocycles. The zero-order valence-electron chi connectivity index (χ0n) is 16.7. The van der Waals surface area contributed by atoms with E-state index in [4.69, 9.17) is 4.74 Å². The van der Waals surface area contributed by atoms with Crippen LogP contribution in [-0.4, -0.2) is 42.6 Å². The Balaban J connectivity index is 1.88. The van der Waals surface area contributed by atoms with Gasteiger partial charge in [-0.3, -0.25) is 9.69 Å². The molecule has 0 bridgehead atoms. The maximum atomic E-state index is 12.9. The molecule has 27 heavy (non-hydrogen) atoms. The lowest BCUT2D eigenvalue weighted by molar-refractivity contribution is -0.123. The number of methoxy groups -OCH3 is 1. The highest BCUT2D eigenvalue weighted by Gasteiger charge is 2.45. The van der Waals surface area contributed by atoms with E-state index in [9.17, 15) is 4.79 Å². The SMILES string of the molecule is CCC(=O)N(c1ccccc1)[C@@H]1CCN(C(C)c2cccs2)C[C@]1(C)OC. The van der Waals surface area contributed by atoms with Gasteiger partial charge in [0.1, 0.15) is 0 Å². The van der Waals surface area contributed by atoms with E-state index < -0.39 is 5.60 Å². The predicted octanol–water partition coefficient (Wildman–Crippen LogP) is 4.73. The molecule has 1 unspecified atom stereocenters. The lowest BCUT2D eigenvalue weighted by Gasteiger charge is -2.50. The van der Waals surface area contributed by atoms with Crippen molar-refractivity contribution in [3.05, 3.63) is 52.7 Å². The van der Waals surface area contributed by atoms with Gasteiger partial charge in [0.2, 0.25) is 5.91 Å². The van der Waals surface area contributed by atoms with Crippen LogP contribution in [0.5, 0.6) is 0 Å². The molecule has 146 valence electrons. The van der Waals surface area contributed by atoms with Crippen LogP contribution < -0.4 is 4.90 Å². The van der Waals surface area contributed by atoms with Gasteiger partial charge in [-0.05, 0) is 43.8 Å². The molecule has 0 N–H and O–H groups in total. The number of piperidine rings is 1. The summed E-state index contributed by atoms with van der Waals surface area (Å²) in [6.45, 7) is 8.07. The highest BCUT2D eigenvalue weighted by molar-refractivity contribution is 7.10. The van der Waals surface area contributed by atoms with E-state index in [1.54, 1.807) is 18.4 Å². The quantitative estimate of drug-likeness (QED) is 0.719. The Morgan fingerprint density at radius 3 is 2.67 bits per heavy atom. The number of thiophene rings is 1. The Morgan fingerprint density at radius 2 is 2.07 bits per heavy atom.